The number of nitrogens with zero attached hydrogens (tertiary/aromatic N) is 3. The second-order valence-electron chi connectivity index (χ2n) is 9.46. The van der Waals surface area contributed by atoms with Crippen molar-refractivity contribution in [1.29, 1.82) is 0 Å². The predicted octanol–water partition coefficient (Wildman–Crippen LogP) is 3.75. The van der Waals surface area contributed by atoms with Gasteiger partial charge in [-0.25, -0.2) is 13.8 Å². The first-order valence-electron chi connectivity index (χ1n) is 11.6. The summed E-state index contributed by atoms with van der Waals surface area (Å²) in [6.45, 7) is 3.62. The molecule has 10 heteroatoms. The number of hydrogen-bond acceptors (Lipinski definition) is 6. The van der Waals surface area contributed by atoms with Crippen LogP contribution < -0.4 is 10.2 Å². The van der Waals surface area contributed by atoms with Crippen LogP contribution >= 0.6 is 11.3 Å². The molecule has 1 aliphatic carbocycles. The highest BCUT2D eigenvalue weighted by Crippen LogP contribution is 2.35. The van der Waals surface area contributed by atoms with Gasteiger partial charge in [0.1, 0.15) is 5.82 Å². The SMILES string of the molecule is CB1C=NC2=C1CC[C@H]2NC(=O)c1ccc(Cc2ccc(N3CC(C)C(F)(F)C3)nc2CO)s1. The molecule has 2 atom stereocenters. The van der Waals surface area contributed by atoms with Crippen molar-refractivity contribution in [2.75, 3.05) is 18.0 Å². The van der Waals surface area contributed by atoms with Crippen LogP contribution in [0.2, 0.25) is 6.82 Å². The zero-order valence-electron chi connectivity index (χ0n) is 19.2. The number of aliphatic hydroxyl groups is 1. The van der Waals surface area contributed by atoms with Crippen molar-refractivity contribution in [3.05, 3.63) is 56.4 Å². The minimum atomic E-state index is -2.74. The quantitative estimate of drug-likeness (QED) is 0.613. The first-order valence-corrected chi connectivity index (χ1v) is 12.5. The maximum absolute atomic E-state index is 13.9. The van der Waals surface area contributed by atoms with E-state index in [0.717, 1.165) is 29.0 Å². The summed E-state index contributed by atoms with van der Waals surface area (Å²) in [5.74, 6) is -3.13. The lowest BCUT2D eigenvalue weighted by Gasteiger charge is -2.18. The zero-order valence-corrected chi connectivity index (χ0v) is 20.0. The lowest BCUT2D eigenvalue weighted by molar-refractivity contribution is -0.0138. The number of nitrogens with one attached hydrogen (secondary N) is 1. The number of rotatable bonds is 6. The second-order valence-corrected chi connectivity index (χ2v) is 10.6. The molecule has 0 bridgehead atoms. The molecule has 0 saturated carbocycles. The highest BCUT2D eigenvalue weighted by Gasteiger charge is 2.45. The topological polar surface area (TPSA) is 77.8 Å². The fourth-order valence-electron chi connectivity index (χ4n) is 4.96. The molecule has 2 aromatic rings. The molecule has 0 spiro atoms. The van der Waals surface area contributed by atoms with Crippen LogP contribution in [0.5, 0.6) is 0 Å². The van der Waals surface area contributed by atoms with Gasteiger partial charge >= 0.3 is 0 Å². The Kier molecular flexibility index (Phi) is 6.06. The van der Waals surface area contributed by atoms with Crippen LogP contribution in [0.3, 0.4) is 0 Å². The van der Waals surface area contributed by atoms with Crippen molar-refractivity contribution < 1.29 is 18.7 Å². The number of carbonyl (C=O) groups is 1. The Labute approximate surface area is 201 Å². The summed E-state index contributed by atoms with van der Waals surface area (Å²) in [6, 6.07) is 7.26. The Morgan fingerprint density at radius 1 is 1.35 bits per heavy atom. The molecule has 3 aliphatic rings. The van der Waals surface area contributed by atoms with E-state index in [-0.39, 0.29) is 31.6 Å². The van der Waals surface area contributed by atoms with Gasteiger partial charge in [0.25, 0.3) is 11.8 Å². The Balaban J connectivity index is 1.26. The fourth-order valence-corrected chi connectivity index (χ4v) is 5.90. The number of aromatic nitrogens is 1. The normalized spacial score (nSPS) is 23.2. The number of aliphatic imine (C=N–C) groups is 1. The summed E-state index contributed by atoms with van der Waals surface area (Å²) < 4.78 is 27.9. The molecule has 6 nitrogen and oxygen atoms in total. The van der Waals surface area contributed by atoms with Crippen LogP contribution in [-0.2, 0) is 13.0 Å². The summed E-state index contributed by atoms with van der Waals surface area (Å²) in [5, 5.41) is 13.0. The average molecular weight is 484 g/mol. The van der Waals surface area contributed by atoms with Crippen molar-refractivity contribution in [3.63, 3.8) is 0 Å². The van der Waals surface area contributed by atoms with Gasteiger partial charge in [0.05, 0.1) is 35.5 Å². The molecule has 1 amide bonds. The van der Waals surface area contributed by atoms with Crippen molar-refractivity contribution in [2.45, 2.75) is 51.6 Å². The molecule has 4 heterocycles. The first-order chi connectivity index (χ1) is 16.2. The molecule has 0 aromatic carbocycles. The van der Waals surface area contributed by atoms with Gasteiger partial charge in [-0.3, -0.25) is 9.79 Å². The van der Waals surface area contributed by atoms with Crippen molar-refractivity contribution in [1.82, 2.24) is 10.3 Å². The fraction of sp³-hybridized carbons (Fsp3) is 0.458. The third-order valence-electron chi connectivity index (χ3n) is 7.05. The van der Waals surface area contributed by atoms with Gasteiger partial charge in [-0.2, -0.15) is 0 Å². The van der Waals surface area contributed by atoms with Gasteiger partial charge in [0.15, 0.2) is 0 Å². The van der Waals surface area contributed by atoms with Gasteiger partial charge in [0, 0.05) is 23.8 Å². The number of halogens is 2. The Morgan fingerprint density at radius 2 is 2.18 bits per heavy atom. The van der Waals surface area contributed by atoms with E-state index in [9.17, 15) is 18.7 Å². The molecule has 1 unspecified atom stereocenters. The van der Waals surface area contributed by atoms with Crippen LogP contribution in [0.4, 0.5) is 14.6 Å². The molecule has 34 heavy (non-hydrogen) atoms. The number of anilines is 1. The molecule has 2 aliphatic heterocycles. The van der Waals surface area contributed by atoms with E-state index in [1.165, 1.54) is 23.7 Å². The van der Waals surface area contributed by atoms with E-state index in [1.54, 1.807) is 11.0 Å². The summed E-state index contributed by atoms with van der Waals surface area (Å²) >= 11 is 1.41. The highest BCUT2D eigenvalue weighted by molar-refractivity contribution is 7.14. The third-order valence-corrected chi connectivity index (χ3v) is 8.13. The lowest BCUT2D eigenvalue weighted by atomic mass is 9.48. The maximum Gasteiger partial charge on any atom is 0.269 e. The Bertz CT molecular complexity index is 1180. The van der Waals surface area contributed by atoms with E-state index in [4.69, 9.17) is 0 Å². The zero-order chi connectivity index (χ0) is 24.0. The molecule has 1 fully saturated rings. The minimum Gasteiger partial charge on any atom is -0.390 e. The molecular weight excluding hydrogens is 457 g/mol. The highest BCUT2D eigenvalue weighted by atomic mass is 32.1. The van der Waals surface area contributed by atoms with Gasteiger partial charge in [-0.15, -0.1) is 11.3 Å². The summed E-state index contributed by atoms with van der Waals surface area (Å²) in [5.41, 5.74) is 3.63. The summed E-state index contributed by atoms with van der Waals surface area (Å²) in [4.78, 5) is 25.0. The molecular formula is C24H27BF2N4O2S. The van der Waals surface area contributed by atoms with Crippen molar-refractivity contribution >= 4 is 35.9 Å². The molecule has 0 radical (unpaired) electrons. The maximum atomic E-state index is 13.9. The molecule has 1 saturated heterocycles. The monoisotopic (exact) mass is 484 g/mol. The number of aliphatic hydroxyl groups excluding tert-OH is 1. The average Bonchev–Trinajstić information content (AvgIpc) is 3.56. The van der Waals surface area contributed by atoms with Gasteiger partial charge in [-0.05, 0) is 42.7 Å². The van der Waals surface area contributed by atoms with Crippen LogP contribution in [0.15, 0.2) is 40.4 Å². The molecule has 5 rings (SSSR count). The lowest BCUT2D eigenvalue weighted by Crippen LogP contribution is -2.33. The van der Waals surface area contributed by atoms with Gasteiger partial charge < -0.3 is 15.3 Å². The number of pyridine rings is 1. The standard InChI is InChI=1S/C24H27BF2N4O2S/c1-14-10-31(12-24(14,26)27)21-8-3-15(19(11-32)29-21)9-16-4-7-20(34-16)23(33)30-18-6-5-17-22(18)28-13-25(17)2/h3-4,7-8,13-14,18,32H,5-6,9-12H2,1-2H3,(H,30,33)/t14?,18-/m1/s1. The van der Waals surface area contributed by atoms with E-state index >= 15 is 0 Å². The van der Waals surface area contributed by atoms with E-state index in [0.29, 0.717) is 29.5 Å². The smallest absolute Gasteiger partial charge is 0.269 e. The molecule has 178 valence electrons. The number of carbonyl (C=O) groups excluding carboxylic acids is 1. The summed E-state index contributed by atoms with van der Waals surface area (Å²) in [6.07, 6.45) is 4.31. The molecule has 2 aromatic heterocycles. The van der Waals surface area contributed by atoms with E-state index in [1.807, 2.05) is 24.3 Å². The third kappa shape index (κ3) is 4.29. The van der Waals surface area contributed by atoms with E-state index in [2.05, 4.69) is 22.1 Å². The minimum absolute atomic E-state index is 0.0346. The van der Waals surface area contributed by atoms with Crippen LogP contribution in [0.1, 0.15) is 45.6 Å². The Hall–Kier alpha value is -2.59. The number of allylic oxidation sites excluding steroid dienone is 1. The van der Waals surface area contributed by atoms with Crippen LogP contribution in [0, 0.1) is 5.92 Å². The first kappa shape index (κ1) is 23.2. The Morgan fingerprint density at radius 3 is 2.91 bits per heavy atom. The van der Waals surface area contributed by atoms with Gasteiger partial charge in [-0.1, -0.05) is 25.3 Å². The van der Waals surface area contributed by atoms with Crippen molar-refractivity contribution in [3.8, 4) is 0 Å². The number of thiophene rings is 1. The second kappa shape index (κ2) is 8.89. The predicted molar refractivity (Wildman–Crippen MR) is 131 cm³/mol. The number of hydrogen-bond donors (Lipinski definition) is 2. The van der Waals surface area contributed by atoms with Crippen LogP contribution in [0.25, 0.3) is 0 Å². The summed E-state index contributed by atoms with van der Waals surface area (Å²) in [7, 11) is 0. The van der Waals surface area contributed by atoms with Gasteiger partial charge in [0.2, 0.25) is 6.71 Å². The number of amides is 1. The largest absolute Gasteiger partial charge is 0.390 e. The molecule has 2 N–H and O–H groups in total. The number of alkyl halides is 2. The van der Waals surface area contributed by atoms with Crippen LogP contribution in [-0.4, -0.2) is 53.9 Å². The van der Waals surface area contributed by atoms with Crippen molar-refractivity contribution in [2.24, 2.45) is 10.9 Å². The van der Waals surface area contributed by atoms with E-state index < -0.39 is 11.8 Å².